The van der Waals surface area contributed by atoms with E-state index in [1.54, 1.807) is 0 Å². The van der Waals surface area contributed by atoms with Crippen molar-refractivity contribution in [2.24, 2.45) is 5.41 Å². The fourth-order valence-corrected chi connectivity index (χ4v) is 2.23. The van der Waals surface area contributed by atoms with Crippen LogP contribution in [0.5, 0.6) is 0 Å². The predicted molar refractivity (Wildman–Crippen MR) is 77.0 cm³/mol. The predicted octanol–water partition coefficient (Wildman–Crippen LogP) is 2.03. The van der Waals surface area contributed by atoms with Gasteiger partial charge in [0.05, 0.1) is 6.54 Å². The normalized spacial score (nSPS) is 17.2. The molecule has 0 heterocycles. The van der Waals surface area contributed by atoms with Gasteiger partial charge in [-0.15, -0.1) is 0 Å². The Hall–Kier alpha value is -0.900. The zero-order chi connectivity index (χ0) is 14.3. The number of carbonyl (C=O) groups is 2. The average molecular weight is 268 g/mol. The molecular formula is C15H28N2O2. The smallest absolute Gasteiger partial charge is 0.221 e. The lowest BCUT2D eigenvalue weighted by molar-refractivity contribution is -0.129. The lowest BCUT2D eigenvalue weighted by Gasteiger charge is -2.22. The highest BCUT2D eigenvalue weighted by atomic mass is 16.2. The van der Waals surface area contributed by atoms with Gasteiger partial charge in [0.25, 0.3) is 0 Å². The molecule has 0 bridgehead atoms. The van der Waals surface area contributed by atoms with Gasteiger partial charge in [-0.05, 0) is 12.8 Å². The summed E-state index contributed by atoms with van der Waals surface area (Å²) in [4.78, 5) is 23.3. The number of hydrogen-bond acceptors (Lipinski definition) is 3. The van der Waals surface area contributed by atoms with Gasteiger partial charge >= 0.3 is 0 Å². The summed E-state index contributed by atoms with van der Waals surface area (Å²) in [6.07, 6.45) is 6.84. The fourth-order valence-electron chi connectivity index (χ4n) is 2.23. The Bertz CT molecular complexity index is 302. The van der Waals surface area contributed by atoms with Crippen LogP contribution >= 0.6 is 0 Å². The first kappa shape index (κ1) is 16.2. The molecule has 1 rings (SSSR count). The Morgan fingerprint density at radius 3 is 2.32 bits per heavy atom. The second-order valence-electron chi connectivity index (χ2n) is 6.49. The summed E-state index contributed by atoms with van der Waals surface area (Å²) in [7, 11) is 0. The molecule has 110 valence electrons. The summed E-state index contributed by atoms with van der Waals surface area (Å²) < 4.78 is 0. The number of amides is 1. The monoisotopic (exact) mass is 268 g/mol. The second kappa shape index (κ2) is 7.63. The van der Waals surface area contributed by atoms with Gasteiger partial charge in [0.1, 0.15) is 0 Å². The Morgan fingerprint density at radius 2 is 1.74 bits per heavy atom. The van der Waals surface area contributed by atoms with E-state index in [1.807, 2.05) is 20.8 Å². The van der Waals surface area contributed by atoms with Crippen molar-refractivity contribution >= 4 is 11.7 Å². The molecule has 0 radical (unpaired) electrons. The van der Waals surface area contributed by atoms with Crippen LogP contribution in [0.25, 0.3) is 0 Å². The van der Waals surface area contributed by atoms with Crippen LogP contribution in [0.3, 0.4) is 0 Å². The van der Waals surface area contributed by atoms with Crippen molar-refractivity contribution in [2.75, 3.05) is 13.1 Å². The molecule has 1 aliphatic carbocycles. The average Bonchev–Trinajstić information content (AvgIpc) is 2.36. The molecule has 1 saturated carbocycles. The zero-order valence-corrected chi connectivity index (χ0v) is 12.6. The standard InChI is InChI=1S/C15H28N2O2/c1-15(2,3)13(18)11-17-14(19)9-10-16-12-7-5-4-6-8-12/h12,16H,4-11H2,1-3H3,(H,17,19). The third-order valence-electron chi connectivity index (χ3n) is 3.67. The molecule has 0 aromatic rings. The van der Waals surface area contributed by atoms with E-state index in [0.29, 0.717) is 19.0 Å². The molecule has 1 amide bonds. The summed E-state index contributed by atoms with van der Waals surface area (Å²) in [5, 5.41) is 6.12. The first-order chi connectivity index (χ1) is 8.89. The molecule has 4 heteroatoms. The molecule has 2 N–H and O–H groups in total. The maximum absolute atomic E-state index is 11.7. The Morgan fingerprint density at radius 1 is 1.11 bits per heavy atom. The number of Topliss-reactive ketones (excluding diaryl/α,β-unsaturated/α-hetero) is 1. The largest absolute Gasteiger partial charge is 0.349 e. The van der Waals surface area contributed by atoms with Gasteiger partial charge in [-0.3, -0.25) is 9.59 Å². The van der Waals surface area contributed by atoms with Gasteiger partial charge in [-0.2, -0.15) is 0 Å². The molecule has 0 aromatic heterocycles. The SMILES string of the molecule is CC(C)(C)C(=O)CNC(=O)CCNC1CCCCC1. The van der Waals surface area contributed by atoms with Crippen LogP contribution in [0.2, 0.25) is 0 Å². The minimum atomic E-state index is -0.381. The number of carbonyl (C=O) groups excluding carboxylic acids is 2. The highest BCUT2D eigenvalue weighted by Crippen LogP contribution is 2.17. The molecule has 1 aliphatic rings. The maximum atomic E-state index is 11.7. The summed E-state index contributed by atoms with van der Waals surface area (Å²) in [6.45, 7) is 6.45. The molecule has 0 atom stereocenters. The van der Waals surface area contributed by atoms with E-state index in [1.165, 1.54) is 32.1 Å². The highest BCUT2D eigenvalue weighted by Gasteiger charge is 2.21. The summed E-state index contributed by atoms with van der Waals surface area (Å²) >= 11 is 0. The quantitative estimate of drug-likeness (QED) is 0.775. The molecule has 4 nitrogen and oxygen atoms in total. The molecular weight excluding hydrogens is 240 g/mol. The minimum Gasteiger partial charge on any atom is -0.349 e. The number of rotatable bonds is 6. The molecule has 1 fully saturated rings. The summed E-state index contributed by atoms with van der Waals surface area (Å²) in [5.41, 5.74) is -0.381. The Balaban J connectivity index is 2.09. The van der Waals surface area contributed by atoms with E-state index < -0.39 is 0 Å². The Kier molecular flexibility index (Phi) is 6.49. The van der Waals surface area contributed by atoms with Gasteiger partial charge in [0, 0.05) is 24.4 Å². The van der Waals surface area contributed by atoms with Crippen LogP contribution in [0, 0.1) is 5.41 Å². The molecule has 19 heavy (non-hydrogen) atoms. The lowest BCUT2D eigenvalue weighted by Crippen LogP contribution is -2.38. The summed E-state index contributed by atoms with van der Waals surface area (Å²) in [6, 6.07) is 0.581. The number of ketones is 1. The van der Waals surface area contributed by atoms with Crippen LogP contribution in [0.1, 0.15) is 59.3 Å². The molecule has 0 spiro atoms. The number of hydrogen-bond donors (Lipinski definition) is 2. The van der Waals surface area contributed by atoms with Crippen LogP contribution in [-0.2, 0) is 9.59 Å². The third kappa shape index (κ3) is 6.71. The van der Waals surface area contributed by atoms with Gasteiger partial charge in [0.2, 0.25) is 5.91 Å². The molecule has 0 unspecified atom stereocenters. The van der Waals surface area contributed by atoms with Crippen molar-refractivity contribution < 1.29 is 9.59 Å². The van der Waals surface area contributed by atoms with Crippen LogP contribution in [0.15, 0.2) is 0 Å². The third-order valence-corrected chi connectivity index (χ3v) is 3.67. The van der Waals surface area contributed by atoms with E-state index in [-0.39, 0.29) is 23.7 Å². The van der Waals surface area contributed by atoms with Crippen molar-refractivity contribution in [1.29, 1.82) is 0 Å². The number of nitrogens with one attached hydrogen (secondary N) is 2. The van der Waals surface area contributed by atoms with Crippen molar-refractivity contribution in [3.05, 3.63) is 0 Å². The van der Waals surface area contributed by atoms with Crippen LogP contribution in [-0.4, -0.2) is 30.8 Å². The van der Waals surface area contributed by atoms with Crippen LogP contribution < -0.4 is 10.6 Å². The lowest BCUT2D eigenvalue weighted by atomic mass is 9.91. The van der Waals surface area contributed by atoms with Crippen LogP contribution in [0.4, 0.5) is 0 Å². The first-order valence-electron chi connectivity index (χ1n) is 7.43. The molecule has 0 aromatic carbocycles. The van der Waals surface area contributed by atoms with Crippen molar-refractivity contribution in [3.63, 3.8) is 0 Å². The van der Waals surface area contributed by atoms with Gasteiger partial charge < -0.3 is 10.6 Å². The van der Waals surface area contributed by atoms with Gasteiger partial charge in [-0.1, -0.05) is 40.0 Å². The van der Waals surface area contributed by atoms with E-state index >= 15 is 0 Å². The summed E-state index contributed by atoms with van der Waals surface area (Å²) in [5.74, 6) is 0.0296. The van der Waals surface area contributed by atoms with Gasteiger partial charge in [-0.25, -0.2) is 0 Å². The van der Waals surface area contributed by atoms with E-state index in [9.17, 15) is 9.59 Å². The van der Waals surface area contributed by atoms with Crippen molar-refractivity contribution in [2.45, 2.75) is 65.3 Å². The van der Waals surface area contributed by atoms with E-state index in [4.69, 9.17) is 0 Å². The molecule has 0 aliphatic heterocycles. The minimum absolute atomic E-state index is 0.0408. The zero-order valence-electron chi connectivity index (χ0n) is 12.6. The highest BCUT2D eigenvalue weighted by molar-refractivity contribution is 5.89. The molecule has 0 saturated heterocycles. The first-order valence-corrected chi connectivity index (χ1v) is 7.43. The van der Waals surface area contributed by atoms with E-state index in [0.717, 1.165) is 0 Å². The topological polar surface area (TPSA) is 58.2 Å². The maximum Gasteiger partial charge on any atom is 0.221 e. The fraction of sp³-hybridized carbons (Fsp3) is 0.867. The Labute approximate surface area is 116 Å². The van der Waals surface area contributed by atoms with Crippen molar-refractivity contribution in [3.8, 4) is 0 Å². The van der Waals surface area contributed by atoms with Crippen molar-refractivity contribution in [1.82, 2.24) is 10.6 Å². The second-order valence-corrected chi connectivity index (χ2v) is 6.49. The van der Waals surface area contributed by atoms with Gasteiger partial charge in [0.15, 0.2) is 5.78 Å². The van der Waals surface area contributed by atoms with E-state index in [2.05, 4.69) is 10.6 Å².